The summed E-state index contributed by atoms with van der Waals surface area (Å²) in [6.07, 6.45) is 0.120. The van der Waals surface area contributed by atoms with Crippen molar-refractivity contribution in [2.24, 2.45) is 0 Å². The fourth-order valence-electron chi connectivity index (χ4n) is 2.10. The maximum atomic E-state index is 12.9. The first kappa shape index (κ1) is 18.2. The van der Waals surface area contributed by atoms with Crippen LogP contribution in [-0.2, 0) is 11.2 Å². The summed E-state index contributed by atoms with van der Waals surface area (Å²) in [5.74, 6) is -0.343. The molecule has 0 bridgehead atoms. The highest BCUT2D eigenvalue weighted by molar-refractivity contribution is 8.01. The van der Waals surface area contributed by atoms with Gasteiger partial charge in [-0.1, -0.05) is 65.6 Å². The topological polar surface area (TPSA) is 72.0 Å². The Hall–Kier alpha value is -2.58. The SMILES string of the molecule is O=C(Cc1ccc(F)cc1)Nc1nnc(SCC(=O)c2ccccc2)s1. The molecule has 26 heavy (non-hydrogen) atoms. The van der Waals surface area contributed by atoms with E-state index in [-0.39, 0.29) is 29.7 Å². The zero-order valence-corrected chi connectivity index (χ0v) is 15.1. The zero-order chi connectivity index (χ0) is 18.4. The second-order valence-electron chi connectivity index (χ2n) is 5.30. The fourth-order valence-corrected chi connectivity index (χ4v) is 3.77. The predicted octanol–water partition coefficient (Wildman–Crippen LogP) is 3.83. The van der Waals surface area contributed by atoms with Crippen molar-refractivity contribution in [3.05, 3.63) is 71.5 Å². The molecule has 0 saturated heterocycles. The molecule has 8 heteroatoms. The van der Waals surface area contributed by atoms with Crippen molar-refractivity contribution in [3.8, 4) is 0 Å². The van der Waals surface area contributed by atoms with Gasteiger partial charge in [0.2, 0.25) is 11.0 Å². The van der Waals surface area contributed by atoms with E-state index in [4.69, 9.17) is 0 Å². The number of carbonyl (C=O) groups excluding carboxylic acids is 2. The normalized spacial score (nSPS) is 10.5. The lowest BCUT2D eigenvalue weighted by Crippen LogP contribution is -2.14. The third-order valence-electron chi connectivity index (χ3n) is 3.35. The number of amides is 1. The number of aromatic nitrogens is 2. The van der Waals surface area contributed by atoms with E-state index in [1.165, 1.54) is 35.2 Å². The molecule has 1 amide bonds. The van der Waals surface area contributed by atoms with Crippen LogP contribution in [-0.4, -0.2) is 27.6 Å². The van der Waals surface area contributed by atoms with E-state index < -0.39 is 0 Å². The second kappa shape index (κ2) is 8.68. The summed E-state index contributed by atoms with van der Waals surface area (Å²) in [5, 5.41) is 10.9. The molecule has 0 radical (unpaired) electrons. The van der Waals surface area contributed by atoms with Crippen LogP contribution < -0.4 is 5.32 Å². The van der Waals surface area contributed by atoms with E-state index in [9.17, 15) is 14.0 Å². The Morgan fingerprint density at radius 3 is 2.50 bits per heavy atom. The van der Waals surface area contributed by atoms with Crippen LogP contribution in [0.1, 0.15) is 15.9 Å². The van der Waals surface area contributed by atoms with Gasteiger partial charge in [-0.3, -0.25) is 9.59 Å². The first-order valence-electron chi connectivity index (χ1n) is 7.69. The molecule has 0 aliphatic heterocycles. The van der Waals surface area contributed by atoms with Crippen LogP contribution in [0.25, 0.3) is 0 Å². The Morgan fingerprint density at radius 2 is 1.77 bits per heavy atom. The van der Waals surface area contributed by atoms with E-state index in [1.807, 2.05) is 18.2 Å². The van der Waals surface area contributed by atoms with E-state index in [1.54, 1.807) is 24.3 Å². The molecule has 2 aromatic carbocycles. The van der Waals surface area contributed by atoms with Crippen molar-refractivity contribution < 1.29 is 14.0 Å². The number of nitrogens with one attached hydrogen (secondary N) is 1. The van der Waals surface area contributed by atoms with Crippen molar-refractivity contribution in [3.63, 3.8) is 0 Å². The van der Waals surface area contributed by atoms with Crippen LogP contribution in [0.5, 0.6) is 0 Å². The molecule has 3 rings (SSSR count). The summed E-state index contributed by atoms with van der Waals surface area (Å²) in [6, 6.07) is 14.8. The average molecular weight is 387 g/mol. The van der Waals surface area contributed by atoms with Crippen molar-refractivity contribution in [1.29, 1.82) is 0 Å². The number of hydrogen-bond acceptors (Lipinski definition) is 6. The predicted molar refractivity (Wildman–Crippen MR) is 100 cm³/mol. The molecule has 132 valence electrons. The summed E-state index contributed by atoms with van der Waals surface area (Å²) in [4.78, 5) is 24.1. The maximum Gasteiger partial charge on any atom is 0.230 e. The Kier molecular flexibility index (Phi) is 6.08. The number of benzene rings is 2. The van der Waals surface area contributed by atoms with Gasteiger partial charge >= 0.3 is 0 Å². The van der Waals surface area contributed by atoms with Gasteiger partial charge in [-0.15, -0.1) is 10.2 Å². The molecule has 1 N–H and O–H groups in total. The molecule has 0 fully saturated rings. The summed E-state index contributed by atoms with van der Waals surface area (Å²) >= 11 is 2.49. The van der Waals surface area contributed by atoms with Crippen LogP contribution in [0.2, 0.25) is 0 Å². The largest absolute Gasteiger partial charge is 0.300 e. The molecule has 1 heterocycles. The van der Waals surface area contributed by atoms with Gasteiger partial charge in [0.15, 0.2) is 10.1 Å². The molecule has 0 atom stereocenters. The Morgan fingerprint density at radius 1 is 1.04 bits per heavy atom. The number of nitrogens with zero attached hydrogens (tertiary/aromatic N) is 2. The maximum absolute atomic E-state index is 12.9. The first-order chi connectivity index (χ1) is 12.6. The molecule has 0 unspecified atom stereocenters. The number of Topliss-reactive ketones (excluding diaryl/α,β-unsaturated/α-hetero) is 1. The summed E-state index contributed by atoms with van der Waals surface area (Å²) < 4.78 is 13.5. The van der Waals surface area contributed by atoms with E-state index in [2.05, 4.69) is 15.5 Å². The highest BCUT2D eigenvalue weighted by Crippen LogP contribution is 2.26. The smallest absolute Gasteiger partial charge is 0.230 e. The van der Waals surface area contributed by atoms with Gasteiger partial charge in [0.05, 0.1) is 12.2 Å². The molecule has 5 nitrogen and oxygen atoms in total. The number of halogens is 1. The monoisotopic (exact) mass is 387 g/mol. The highest BCUT2D eigenvalue weighted by Gasteiger charge is 2.12. The van der Waals surface area contributed by atoms with Crippen molar-refractivity contribution in [1.82, 2.24) is 10.2 Å². The minimum atomic E-state index is -0.343. The standard InChI is InChI=1S/C18H14FN3O2S2/c19-14-8-6-12(7-9-14)10-16(24)20-17-21-22-18(26-17)25-11-15(23)13-4-2-1-3-5-13/h1-9H,10-11H2,(H,20,21,24). The number of ketones is 1. The number of hydrogen-bond donors (Lipinski definition) is 1. The Labute approximate surface area is 157 Å². The summed E-state index contributed by atoms with van der Waals surface area (Å²) in [6.45, 7) is 0. The molecular formula is C18H14FN3O2S2. The van der Waals surface area contributed by atoms with Crippen LogP contribution in [0.15, 0.2) is 58.9 Å². The van der Waals surface area contributed by atoms with Crippen LogP contribution >= 0.6 is 23.1 Å². The molecule has 0 aliphatic rings. The third kappa shape index (κ3) is 5.21. The number of thioether (sulfide) groups is 1. The minimum absolute atomic E-state index is 0.00713. The van der Waals surface area contributed by atoms with Crippen molar-refractivity contribution in [2.75, 3.05) is 11.1 Å². The van der Waals surface area contributed by atoms with E-state index >= 15 is 0 Å². The van der Waals surface area contributed by atoms with Gasteiger partial charge in [0.1, 0.15) is 5.82 Å². The van der Waals surface area contributed by atoms with Crippen LogP contribution in [0.3, 0.4) is 0 Å². The number of anilines is 1. The lowest BCUT2D eigenvalue weighted by Gasteiger charge is -2.01. The second-order valence-corrected chi connectivity index (χ2v) is 7.50. The quantitative estimate of drug-likeness (QED) is 0.379. The first-order valence-corrected chi connectivity index (χ1v) is 9.49. The van der Waals surface area contributed by atoms with Gasteiger partial charge in [-0.05, 0) is 17.7 Å². The Balaban J connectivity index is 1.50. The van der Waals surface area contributed by atoms with Crippen molar-refractivity contribution >= 4 is 39.9 Å². The van der Waals surface area contributed by atoms with Gasteiger partial charge < -0.3 is 5.32 Å². The summed E-state index contributed by atoms with van der Waals surface area (Å²) in [7, 11) is 0. The lowest BCUT2D eigenvalue weighted by atomic mass is 10.1. The molecule has 0 aliphatic carbocycles. The molecule has 3 aromatic rings. The number of rotatable bonds is 7. The average Bonchev–Trinajstić information content (AvgIpc) is 3.09. The molecule has 1 aromatic heterocycles. The third-order valence-corrected chi connectivity index (χ3v) is 5.33. The molecule has 0 saturated carbocycles. The van der Waals surface area contributed by atoms with E-state index in [0.29, 0.717) is 20.6 Å². The van der Waals surface area contributed by atoms with E-state index in [0.717, 1.165) is 0 Å². The van der Waals surface area contributed by atoms with Gasteiger partial charge in [-0.25, -0.2) is 4.39 Å². The fraction of sp³-hybridized carbons (Fsp3) is 0.111. The van der Waals surface area contributed by atoms with Crippen LogP contribution in [0.4, 0.5) is 9.52 Å². The number of carbonyl (C=O) groups is 2. The van der Waals surface area contributed by atoms with Crippen LogP contribution in [0, 0.1) is 5.82 Å². The molecule has 0 spiro atoms. The Bertz CT molecular complexity index is 898. The highest BCUT2D eigenvalue weighted by atomic mass is 32.2. The molecular weight excluding hydrogens is 373 g/mol. The van der Waals surface area contributed by atoms with Gasteiger partial charge in [-0.2, -0.15) is 0 Å². The van der Waals surface area contributed by atoms with Gasteiger partial charge in [0.25, 0.3) is 0 Å². The minimum Gasteiger partial charge on any atom is -0.300 e. The van der Waals surface area contributed by atoms with Gasteiger partial charge in [0, 0.05) is 5.56 Å². The summed E-state index contributed by atoms with van der Waals surface area (Å²) in [5.41, 5.74) is 1.36. The zero-order valence-electron chi connectivity index (χ0n) is 13.5. The van der Waals surface area contributed by atoms with Crippen molar-refractivity contribution in [2.45, 2.75) is 10.8 Å². The lowest BCUT2D eigenvalue weighted by molar-refractivity contribution is -0.115.